The van der Waals surface area contributed by atoms with Gasteiger partial charge in [0.05, 0.1) is 52.7 Å². The van der Waals surface area contributed by atoms with Gasteiger partial charge in [0, 0.05) is 40.5 Å². The summed E-state index contributed by atoms with van der Waals surface area (Å²) in [6.07, 6.45) is 3.72. The SMILES string of the molecule is C[C@@H]1CCC[C@H](n2cnc(-c3cc(Cl)ccc3N(N)/C=C(\N)C(F)F)cc2=O)c2cc(ccn2)-c2c(cnn2CC(=O)O)NC1=O. The van der Waals surface area contributed by atoms with Gasteiger partial charge in [-0.15, -0.1) is 0 Å². The Hall–Kier alpha value is -5.15. The summed E-state index contributed by atoms with van der Waals surface area (Å²) in [5.74, 6) is 4.27. The minimum Gasteiger partial charge on any atom is -0.480 e. The van der Waals surface area contributed by atoms with Gasteiger partial charge in [-0.25, -0.2) is 19.6 Å². The van der Waals surface area contributed by atoms with E-state index in [1.165, 1.54) is 52.2 Å². The smallest absolute Gasteiger partial charge is 0.325 e. The van der Waals surface area contributed by atoms with Crippen LogP contribution in [-0.2, 0) is 16.1 Å². The molecule has 2 bridgehead atoms. The van der Waals surface area contributed by atoms with E-state index in [0.717, 1.165) is 11.2 Å². The lowest BCUT2D eigenvalue weighted by Crippen LogP contribution is -2.29. The predicted molar refractivity (Wildman–Crippen MR) is 167 cm³/mol. The number of aromatic nitrogens is 5. The van der Waals surface area contributed by atoms with Crippen LogP contribution in [0.25, 0.3) is 22.5 Å². The van der Waals surface area contributed by atoms with Crippen LogP contribution in [0, 0.1) is 5.92 Å². The molecule has 0 fully saturated rings. The van der Waals surface area contributed by atoms with E-state index < -0.39 is 42.2 Å². The zero-order valence-corrected chi connectivity index (χ0v) is 25.2. The van der Waals surface area contributed by atoms with E-state index in [1.807, 2.05) is 0 Å². The molecule has 2 atom stereocenters. The summed E-state index contributed by atoms with van der Waals surface area (Å²) in [4.78, 5) is 47.3. The van der Waals surface area contributed by atoms with Gasteiger partial charge in [0.2, 0.25) is 5.91 Å². The van der Waals surface area contributed by atoms with E-state index in [1.54, 1.807) is 19.1 Å². The summed E-state index contributed by atoms with van der Waals surface area (Å²) in [5, 5.41) is 17.7. The molecule has 0 radical (unpaired) electrons. The molecule has 1 aliphatic heterocycles. The average molecular weight is 654 g/mol. The van der Waals surface area contributed by atoms with Gasteiger partial charge >= 0.3 is 5.97 Å². The van der Waals surface area contributed by atoms with Crippen molar-refractivity contribution in [1.82, 2.24) is 24.3 Å². The van der Waals surface area contributed by atoms with Crippen LogP contribution in [0.5, 0.6) is 0 Å². The normalized spacial score (nSPS) is 17.1. The summed E-state index contributed by atoms with van der Waals surface area (Å²) in [6.45, 7) is 1.34. The Balaban J connectivity index is 1.59. The lowest BCUT2D eigenvalue weighted by Gasteiger charge is -2.23. The number of nitrogens with zero attached hydrogens (tertiary/aromatic N) is 6. The van der Waals surface area contributed by atoms with Crippen LogP contribution in [-0.4, -0.2) is 47.7 Å². The Bertz CT molecular complexity index is 1880. The second kappa shape index (κ2) is 13.5. The molecule has 1 aromatic carbocycles. The number of halogens is 3. The Morgan fingerprint density at radius 3 is 2.72 bits per heavy atom. The Labute approximate surface area is 266 Å². The first-order valence-corrected chi connectivity index (χ1v) is 14.5. The number of aliphatic carboxylic acids is 1. The van der Waals surface area contributed by atoms with Crippen LogP contribution in [0.3, 0.4) is 0 Å². The van der Waals surface area contributed by atoms with Gasteiger partial charge in [-0.2, -0.15) is 5.10 Å². The third-order valence-corrected chi connectivity index (χ3v) is 7.80. The highest BCUT2D eigenvalue weighted by Gasteiger charge is 2.25. The third-order valence-electron chi connectivity index (χ3n) is 7.57. The van der Waals surface area contributed by atoms with Crippen LogP contribution in [0.1, 0.15) is 37.9 Å². The summed E-state index contributed by atoms with van der Waals surface area (Å²) >= 11 is 6.23. The Morgan fingerprint density at radius 1 is 1.22 bits per heavy atom. The van der Waals surface area contributed by atoms with Crippen molar-refractivity contribution in [2.24, 2.45) is 17.5 Å². The zero-order valence-electron chi connectivity index (χ0n) is 24.5. The number of hydrazine groups is 1. The lowest BCUT2D eigenvalue weighted by atomic mass is 9.97. The number of alkyl halides is 2. The highest BCUT2D eigenvalue weighted by Crippen LogP contribution is 2.34. The number of anilines is 2. The third kappa shape index (κ3) is 6.89. The van der Waals surface area contributed by atoms with E-state index in [4.69, 9.17) is 23.2 Å². The second-order valence-corrected chi connectivity index (χ2v) is 11.2. The summed E-state index contributed by atoms with van der Waals surface area (Å²) in [5.41, 5.74) is 6.67. The molecule has 13 nitrogen and oxygen atoms in total. The summed E-state index contributed by atoms with van der Waals surface area (Å²) in [6, 6.07) is 8.55. The average Bonchev–Trinajstić information content (AvgIpc) is 3.39. The molecule has 46 heavy (non-hydrogen) atoms. The van der Waals surface area contributed by atoms with E-state index >= 15 is 0 Å². The monoisotopic (exact) mass is 653 g/mol. The quantitative estimate of drug-likeness (QED) is 0.168. The van der Waals surface area contributed by atoms with Gasteiger partial charge in [0.25, 0.3) is 12.0 Å². The number of allylic oxidation sites excluding steroid dienone is 1. The molecule has 0 saturated heterocycles. The maximum Gasteiger partial charge on any atom is 0.325 e. The van der Waals surface area contributed by atoms with Crippen LogP contribution in [0.15, 0.2) is 71.8 Å². The van der Waals surface area contributed by atoms with E-state index in [0.29, 0.717) is 52.5 Å². The topological polar surface area (TPSA) is 187 Å². The zero-order chi connectivity index (χ0) is 33.1. The maximum absolute atomic E-state index is 13.7. The maximum atomic E-state index is 13.7. The molecule has 5 rings (SSSR count). The number of hydrogen-bond donors (Lipinski definition) is 4. The number of carboxylic acid groups (broad SMARTS) is 1. The number of hydrogen-bond acceptors (Lipinski definition) is 9. The number of carbonyl (C=O) groups is 2. The second-order valence-electron chi connectivity index (χ2n) is 10.8. The molecule has 0 spiro atoms. The standard InChI is InChI=1S/C30H30ClF2N9O4/c1-16-3-2-4-25(22-9-17(7-8-36-22)28-23(39-30(16)46)12-38-42(28)14-27(44)45)40-15-37-21(11-26(40)43)19-10-18(31)5-6-24(19)41(35)13-20(34)29(32)33/h5-13,15-16,25,29H,2-4,14,34-35H2,1H3,(H,39,46)(H,44,45)/b20-13-/t16-,25+/m1/s1. The highest BCUT2D eigenvalue weighted by molar-refractivity contribution is 6.31. The van der Waals surface area contributed by atoms with Gasteiger partial charge < -0.3 is 16.2 Å². The Morgan fingerprint density at radius 2 is 2.00 bits per heavy atom. The molecule has 0 unspecified atom stereocenters. The number of nitrogens with two attached hydrogens (primary N) is 2. The number of rotatable bonds is 7. The predicted octanol–water partition coefficient (Wildman–Crippen LogP) is 4.00. The van der Waals surface area contributed by atoms with Crippen molar-refractivity contribution >= 4 is 34.9 Å². The van der Waals surface area contributed by atoms with Gasteiger partial charge in [-0.3, -0.25) is 33.6 Å². The first-order valence-electron chi connectivity index (χ1n) is 14.1. The van der Waals surface area contributed by atoms with Gasteiger partial charge in [0.15, 0.2) is 0 Å². The molecule has 3 aromatic heterocycles. The first kappa shape index (κ1) is 32.2. The number of nitrogens with one attached hydrogen (secondary N) is 1. The van der Waals surface area contributed by atoms with Crippen LogP contribution >= 0.6 is 11.6 Å². The molecule has 4 heterocycles. The number of pyridine rings is 1. The molecule has 6 N–H and O–H groups in total. The van der Waals surface area contributed by atoms with E-state index in [-0.39, 0.29) is 17.3 Å². The van der Waals surface area contributed by atoms with Crippen LogP contribution in [0.2, 0.25) is 5.02 Å². The number of amides is 1. The van der Waals surface area contributed by atoms with Crippen molar-refractivity contribution in [1.29, 1.82) is 0 Å². The number of carboxylic acids is 1. The van der Waals surface area contributed by atoms with Crippen molar-refractivity contribution in [3.8, 4) is 22.5 Å². The largest absolute Gasteiger partial charge is 0.480 e. The van der Waals surface area contributed by atoms with Crippen LogP contribution < -0.4 is 27.5 Å². The van der Waals surface area contributed by atoms with Crippen molar-refractivity contribution in [3.05, 3.63) is 88.1 Å². The number of fused-ring (bicyclic) bond motifs is 4. The van der Waals surface area contributed by atoms with Gasteiger partial charge in [0.1, 0.15) is 6.54 Å². The van der Waals surface area contributed by atoms with Crippen molar-refractivity contribution in [2.75, 3.05) is 10.3 Å². The van der Waals surface area contributed by atoms with Crippen molar-refractivity contribution in [3.63, 3.8) is 0 Å². The highest BCUT2D eigenvalue weighted by atomic mass is 35.5. The molecule has 16 heteroatoms. The Kier molecular flexibility index (Phi) is 9.44. The first-order chi connectivity index (χ1) is 21.9. The van der Waals surface area contributed by atoms with E-state index in [9.17, 15) is 28.3 Å². The van der Waals surface area contributed by atoms with Gasteiger partial charge in [-0.1, -0.05) is 24.9 Å². The number of benzene rings is 1. The van der Waals surface area contributed by atoms with Crippen LogP contribution in [0.4, 0.5) is 20.2 Å². The molecule has 240 valence electrons. The molecule has 4 aromatic rings. The molecule has 0 aliphatic carbocycles. The molecule has 1 aliphatic rings. The minimum absolute atomic E-state index is 0.181. The minimum atomic E-state index is -2.93. The number of carbonyl (C=O) groups excluding carboxylic acids is 1. The molecule has 1 amide bonds. The van der Waals surface area contributed by atoms with E-state index in [2.05, 4.69) is 20.4 Å². The summed E-state index contributed by atoms with van der Waals surface area (Å²) in [7, 11) is 0. The lowest BCUT2D eigenvalue weighted by molar-refractivity contribution is -0.137. The molecular weight excluding hydrogens is 624 g/mol. The van der Waals surface area contributed by atoms with Crippen molar-refractivity contribution < 1.29 is 23.5 Å². The van der Waals surface area contributed by atoms with Gasteiger partial charge in [-0.05, 0) is 43.2 Å². The fraction of sp³-hybridized carbons (Fsp3) is 0.267. The summed E-state index contributed by atoms with van der Waals surface area (Å²) < 4.78 is 28.8. The molecule has 0 saturated carbocycles. The van der Waals surface area contributed by atoms with Crippen molar-refractivity contribution in [2.45, 2.75) is 45.2 Å². The fourth-order valence-corrected chi connectivity index (χ4v) is 5.43. The fourth-order valence-electron chi connectivity index (χ4n) is 5.26. The molecular formula is C30H30ClF2N9O4.